The minimum absolute atomic E-state index is 0.0104. The zero-order valence-corrected chi connectivity index (χ0v) is 14.4. The summed E-state index contributed by atoms with van der Waals surface area (Å²) in [5.41, 5.74) is 2.42. The molecule has 0 spiro atoms. The van der Waals surface area contributed by atoms with Crippen molar-refractivity contribution >= 4 is 6.03 Å². The Hall–Kier alpha value is -1.63. The van der Waals surface area contributed by atoms with Crippen LogP contribution in [0.2, 0.25) is 0 Å². The van der Waals surface area contributed by atoms with Gasteiger partial charge in [0.1, 0.15) is 0 Å². The second kappa shape index (κ2) is 8.46. The van der Waals surface area contributed by atoms with Crippen molar-refractivity contribution in [2.45, 2.75) is 26.1 Å². The van der Waals surface area contributed by atoms with Gasteiger partial charge in [0.2, 0.25) is 0 Å². The van der Waals surface area contributed by atoms with Gasteiger partial charge in [-0.1, -0.05) is 24.3 Å². The molecule has 3 rings (SSSR count). The first-order valence-corrected chi connectivity index (χ1v) is 8.73. The third-order valence-corrected chi connectivity index (χ3v) is 4.47. The van der Waals surface area contributed by atoms with Gasteiger partial charge >= 0.3 is 6.03 Å². The van der Waals surface area contributed by atoms with Gasteiger partial charge in [0, 0.05) is 39.3 Å². The van der Waals surface area contributed by atoms with Gasteiger partial charge in [-0.3, -0.25) is 4.90 Å². The Morgan fingerprint density at radius 3 is 2.79 bits per heavy atom. The molecule has 132 valence electrons. The summed E-state index contributed by atoms with van der Waals surface area (Å²) in [5, 5.41) is 3.02. The minimum atomic E-state index is -0.0104. The summed E-state index contributed by atoms with van der Waals surface area (Å²) in [6, 6.07) is 8.44. The first-order chi connectivity index (χ1) is 11.7. The number of ether oxygens (including phenoxy) is 2. The van der Waals surface area contributed by atoms with E-state index in [1.807, 2.05) is 11.8 Å². The standard InChI is InChI=1S/C18H27N3O3/c1-15-13-21(7-10-24-15)18(22)19-12-16-3-2-4-17(11-16)14-20-5-8-23-9-6-20/h2-4,11,15H,5-10,12-14H2,1H3,(H,19,22)/t15-/m0/s1. The highest BCUT2D eigenvalue weighted by Gasteiger charge is 2.20. The van der Waals surface area contributed by atoms with E-state index in [1.54, 1.807) is 0 Å². The molecule has 2 aliphatic rings. The van der Waals surface area contributed by atoms with Crippen molar-refractivity contribution in [1.82, 2.24) is 15.1 Å². The van der Waals surface area contributed by atoms with Crippen LogP contribution in [0.3, 0.4) is 0 Å². The van der Waals surface area contributed by atoms with Crippen molar-refractivity contribution in [2.24, 2.45) is 0 Å². The molecule has 2 aliphatic heterocycles. The number of carbonyl (C=O) groups excluding carboxylic acids is 1. The number of rotatable bonds is 4. The molecular weight excluding hydrogens is 306 g/mol. The highest BCUT2D eigenvalue weighted by molar-refractivity contribution is 5.74. The fourth-order valence-corrected chi connectivity index (χ4v) is 3.15. The van der Waals surface area contributed by atoms with Crippen LogP contribution in [-0.4, -0.2) is 67.9 Å². The van der Waals surface area contributed by atoms with E-state index in [9.17, 15) is 4.79 Å². The molecular formula is C18H27N3O3. The first-order valence-electron chi connectivity index (χ1n) is 8.73. The zero-order chi connectivity index (χ0) is 16.8. The van der Waals surface area contributed by atoms with Gasteiger partial charge in [-0.2, -0.15) is 0 Å². The van der Waals surface area contributed by atoms with Crippen LogP contribution in [0.1, 0.15) is 18.1 Å². The maximum atomic E-state index is 12.3. The number of carbonyl (C=O) groups is 1. The van der Waals surface area contributed by atoms with Crippen LogP contribution in [0, 0.1) is 0 Å². The van der Waals surface area contributed by atoms with E-state index >= 15 is 0 Å². The summed E-state index contributed by atoms with van der Waals surface area (Å²) in [5.74, 6) is 0. The number of hydrogen-bond acceptors (Lipinski definition) is 4. The summed E-state index contributed by atoms with van der Waals surface area (Å²) < 4.78 is 10.9. The van der Waals surface area contributed by atoms with Gasteiger partial charge in [-0.25, -0.2) is 4.79 Å². The minimum Gasteiger partial charge on any atom is -0.379 e. The lowest BCUT2D eigenvalue weighted by Gasteiger charge is -2.31. The number of nitrogens with zero attached hydrogens (tertiary/aromatic N) is 2. The van der Waals surface area contributed by atoms with Crippen LogP contribution >= 0.6 is 0 Å². The Morgan fingerprint density at radius 2 is 2.00 bits per heavy atom. The molecule has 1 aromatic rings. The van der Waals surface area contributed by atoms with E-state index in [2.05, 4.69) is 34.5 Å². The first kappa shape index (κ1) is 17.2. The Labute approximate surface area is 143 Å². The zero-order valence-electron chi connectivity index (χ0n) is 14.4. The fraction of sp³-hybridized carbons (Fsp3) is 0.611. The van der Waals surface area contributed by atoms with Crippen molar-refractivity contribution < 1.29 is 14.3 Å². The predicted molar refractivity (Wildman–Crippen MR) is 91.8 cm³/mol. The van der Waals surface area contributed by atoms with E-state index in [0.717, 1.165) is 38.4 Å². The molecule has 24 heavy (non-hydrogen) atoms. The Balaban J connectivity index is 1.49. The summed E-state index contributed by atoms with van der Waals surface area (Å²) in [6.07, 6.45) is 0.112. The fourth-order valence-electron chi connectivity index (χ4n) is 3.15. The molecule has 6 heteroatoms. The number of hydrogen-bond donors (Lipinski definition) is 1. The van der Waals surface area contributed by atoms with Crippen molar-refractivity contribution in [3.05, 3.63) is 35.4 Å². The molecule has 0 unspecified atom stereocenters. The lowest BCUT2D eigenvalue weighted by Crippen LogP contribution is -2.48. The number of amides is 2. The van der Waals surface area contributed by atoms with E-state index < -0.39 is 0 Å². The van der Waals surface area contributed by atoms with Crippen LogP contribution < -0.4 is 5.32 Å². The van der Waals surface area contributed by atoms with Crippen molar-refractivity contribution in [2.75, 3.05) is 46.0 Å². The molecule has 1 aromatic carbocycles. The second-order valence-electron chi connectivity index (χ2n) is 6.49. The van der Waals surface area contributed by atoms with Crippen LogP contribution in [0.5, 0.6) is 0 Å². The lowest BCUT2D eigenvalue weighted by molar-refractivity contribution is -0.00351. The number of benzene rings is 1. The van der Waals surface area contributed by atoms with Gasteiger partial charge in [0.05, 0.1) is 25.9 Å². The molecule has 2 heterocycles. The molecule has 0 aliphatic carbocycles. The summed E-state index contributed by atoms with van der Waals surface area (Å²) in [6.45, 7) is 9.01. The van der Waals surface area contributed by atoms with Crippen LogP contribution in [0.4, 0.5) is 4.79 Å². The van der Waals surface area contributed by atoms with Gasteiger partial charge < -0.3 is 19.7 Å². The molecule has 0 aromatic heterocycles. The molecule has 2 amide bonds. The number of urea groups is 1. The molecule has 0 bridgehead atoms. The average molecular weight is 333 g/mol. The summed E-state index contributed by atoms with van der Waals surface area (Å²) in [4.78, 5) is 16.5. The number of morpholine rings is 2. The van der Waals surface area contributed by atoms with Gasteiger partial charge in [-0.15, -0.1) is 0 Å². The molecule has 0 radical (unpaired) electrons. The Kier molecular flexibility index (Phi) is 6.07. The van der Waals surface area contributed by atoms with E-state index in [4.69, 9.17) is 9.47 Å². The monoisotopic (exact) mass is 333 g/mol. The van der Waals surface area contributed by atoms with Gasteiger partial charge in [-0.05, 0) is 18.1 Å². The smallest absolute Gasteiger partial charge is 0.317 e. The number of nitrogens with one attached hydrogen (secondary N) is 1. The van der Waals surface area contributed by atoms with Crippen LogP contribution in [0.25, 0.3) is 0 Å². The van der Waals surface area contributed by atoms with Crippen LogP contribution in [0.15, 0.2) is 24.3 Å². The average Bonchev–Trinajstić information content (AvgIpc) is 2.61. The quantitative estimate of drug-likeness (QED) is 0.906. The van der Waals surface area contributed by atoms with E-state index in [1.165, 1.54) is 5.56 Å². The highest BCUT2D eigenvalue weighted by Crippen LogP contribution is 2.10. The molecule has 6 nitrogen and oxygen atoms in total. The Morgan fingerprint density at radius 1 is 1.21 bits per heavy atom. The van der Waals surface area contributed by atoms with Gasteiger partial charge in [0.15, 0.2) is 0 Å². The van der Waals surface area contributed by atoms with Crippen molar-refractivity contribution in [3.8, 4) is 0 Å². The molecule has 1 atom stereocenters. The third-order valence-electron chi connectivity index (χ3n) is 4.47. The highest BCUT2D eigenvalue weighted by atomic mass is 16.5. The maximum Gasteiger partial charge on any atom is 0.317 e. The van der Waals surface area contributed by atoms with Crippen LogP contribution in [-0.2, 0) is 22.6 Å². The van der Waals surface area contributed by atoms with E-state index in [-0.39, 0.29) is 12.1 Å². The molecule has 0 saturated carbocycles. The SMILES string of the molecule is C[C@H]1CN(C(=O)NCc2cccc(CN3CCOCC3)c2)CCO1. The Bertz CT molecular complexity index is 546. The largest absolute Gasteiger partial charge is 0.379 e. The van der Waals surface area contributed by atoms with Gasteiger partial charge in [0.25, 0.3) is 0 Å². The summed E-state index contributed by atoms with van der Waals surface area (Å²) >= 11 is 0. The lowest BCUT2D eigenvalue weighted by atomic mass is 10.1. The molecule has 1 N–H and O–H groups in total. The van der Waals surface area contributed by atoms with E-state index in [0.29, 0.717) is 26.2 Å². The molecule has 2 saturated heterocycles. The predicted octanol–water partition coefficient (Wildman–Crippen LogP) is 1.45. The third kappa shape index (κ3) is 4.93. The topological polar surface area (TPSA) is 54.0 Å². The van der Waals surface area contributed by atoms with Crippen molar-refractivity contribution in [3.63, 3.8) is 0 Å². The van der Waals surface area contributed by atoms with Crippen molar-refractivity contribution in [1.29, 1.82) is 0 Å². The molecule has 2 fully saturated rings. The maximum absolute atomic E-state index is 12.3. The normalized spacial score (nSPS) is 22.4. The second-order valence-corrected chi connectivity index (χ2v) is 6.49. The summed E-state index contributed by atoms with van der Waals surface area (Å²) in [7, 11) is 0.